The van der Waals surface area contributed by atoms with E-state index in [1.807, 2.05) is 6.08 Å². The molecule has 0 spiro atoms. The summed E-state index contributed by atoms with van der Waals surface area (Å²) in [4.78, 5) is 19.4. The van der Waals surface area contributed by atoms with Gasteiger partial charge in [-0.1, -0.05) is 6.08 Å². The van der Waals surface area contributed by atoms with E-state index in [0.717, 1.165) is 6.42 Å². The first-order valence-corrected chi connectivity index (χ1v) is 6.04. The number of rotatable bonds is 8. The summed E-state index contributed by atoms with van der Waals surface area (Å²) in [6.45, 7) is 7.22. The highest BCUT2D eigenvalue weighted by molar-refractivity contribution is 5.85. The molecule has 0 aliphatic heterocycles. The predicted molar refractivity (Wildman–Crippen MR) is 72.2 cm³/mol. The molecule has 0 saturated carbocycles. The van der Waals surface area contributed by atoms with Crippen LogP contribution in [0.4, 0.5) is 5.82 Å². The Bertz CT molecular complexity index is 435. The Kier molecular flexibility index (Phi) is 6.52. The van der Waals surface area contributed by atoms with Crippen molar-refractivity contribution in [1.82, 2.24) is 9.97 Å². The van der Waals surface area contributed by atoms with Crippen LogP contribution >= 0.6 is 0 Å². The van der Waals surface area contributed by atoms with Crippen molar-refractivity contribution >= 4 is 11.8 Å². The summed E-state index contributed by atoms with van der Waals surface area (Å²) in [6, 6.07) is 1.76. The van der Waals surface area contributed by atoms with E-state index in [1.165, 1.54) is 7.11 Å². The molecule has 0 saturated heterocycles. The summed E-state index contributed by atoms with van der Waals surface area (Å²) in [6.07, 6.45) is 2.64. The molecule has 0 bridgehead atoms. The summed E-state index contributed by atoms with van der Waals surface area (Å²) in [5.41, 5.74) is 0.700. The van der Waals surface area contributed by atoms with Gasteiger partial charge in [0.05, 0.1) is 20.3 Å². The molecule has 0 aliphatic rings. The topological polar surface area (TPSA) is 73.3 Å². The first-order valence-electron chi connectivity index (χ1n) is 6.04. The van der Waals surface area contributed by atoms with E-state index in [1.54, 1.807) is 13.0 Å². The van der Waals surface area contributed by atoms with Crippen molar-refractivity contribution in [2.45, 2.75) is 13.3 Å². The van der Waals surface area contributed by atoms with Gasteiger partial charge in [-0.3, -0.25) is 0 Å². The number of hydrogen-bond donors (Lipinski definition) is 1. The predicted octanol–water partition coefficient (Wildman–Crippen LogP) is 1.58. The van der Waals surface area contributed by atoms with Crippen LogP contribution in [0.3, 0.4) is 0 Å². The van der Waals surface area contributed by atoms with Crippen LogP contribution in [-0.4, -0.2) is 42.8 Å². The van der Waals surface area contributed by atoms with Gasteiger partial charge in [-0.05, 0) is 13.3 Å². The number of nitrogens with one attached hydrogen (secondary N) is 1. The Morgan fingerprint density at radius 1 is 1.47 bits per heavy atom. The lowest BCUT2D eigenvalue weighted by Crippen LogP contribution is -2.14. The molecule has 1 aromatic heterocycles. The molecular formula is C13H19N3O3. The Morgan fingerprint density at radius 2 is 2.26 bits per heavy atom. The number of methoxy groups -OCH3 is 1. The molecule has 104 valence electrons. The molecule has 0 fully saturated rings. The Labute approximate surface area is 112 Å². The summed E-state index contributed by atoms with van der Waals surface area (Å²) in [5, 5.41) is 3.07. The first kappa shape index (κ1) is 15.1. The number of esters is 1. The largest absolute Gasteiger partial charge is 0.463 e. The van der Waals surface area contributed by atoms with E-state index >= 15 is 0 Å². The minimum absolute atomic E-state index is 0.0533. The zero-order valence-corrected chi connectivity index (χ0v) is 11.3. The quantitative estimate of drug-likeness (QED) is 0.437. The van der Waals surface area contributed by atoms with Crippen LogP contribution in [0.25, 0.3) is 0 Å². The SMILES string of the molecule is C=CCCOCCNc1cc(C)nc(C(=O)OC)n1. The van der Waals surface area contributed by atoms with E-state index in [-0.39, 0.29) is 5.82 Å². The Balaban J connectivity index is 2.47. The number of carbonyl (C=O) groups excluding carboxylic acids is 1. The molecule has 1 rings (SSSR count). The van der Waals surface area contributed by atoms with Gasteiger partial charge in [-0.15, -0.1) is 6.58 Å². The second-order valence-corrected chi connectivity index (χ2v) is 3.83. The molecule has 19 heavy (non-hydrogen) atoms. The van der Waals surface area contributed by atoms with Crippen LogP contribution in [-0.2, 0) is 9.47 Å². The molecule has 0 aromatic carbocycles. The van der Waals surface area contributed by atoms with E-state index in [0.29, 0.717) is 31.3 Å². The van der Waals surface area contributed by atoms with Crippen LogP contribution in [0.2, 0.25) is 0 Å². The van der Waals surface area contributed by atoms with Gasteiger partial charge in [0, 0.05) is 18.3 Å². The van der Waals surface area contributed by atoms with E-state index < -0.39 is 5.97 Å². The fourth-order valence-corrected chi connectivity index (χ4v) is 1.36. The average molecular weight is 265 g/mol. The second-order valence-electron chi connectivity index (χ2n) is 3.83. The maximum atomic E-state index is 11.4. The zero-order valence-electron chi connectivity index (χ0n) is 11.3. The Hall–Kier alpha value is -1.95. The third kappa shape index (κ3) is 5.48. The highest BCUT2D eigenvalue weighted by atomic mass is 16.5. The fourth-order valence-electron chi connectivity index (χ4n) is 1.36. The molecule has 1 aromatic rings. The molecule has 6 heteroatoms. The number of aryl methyl sites for hydroxylation is 1. The fraction of sp³-hybridized carbons (Fsp3) is 0.462. The van der Waals surface area contributed by atoms with Gasteiger partial charge in [-0.25, -0.2) is 14.8 Å². The summed E-state index contributed by atoms with van der Waals surface area (Å²) in [5.74, 6) is 0.0896. The summed E-state index contributed by atoms with van der Waals surface area (Å²) in [7, 11) is 1.30. The van der Waals surface area contributed by atoms with Crippen LogP contribution < -0.4 is 5.32 Å². The summed E-state index contributed by atoms with van der Waals surface area (Å²) < 4.78 is 9.95. The molecule has 6 nitrogen and oxygen atoms in total. The van der Waals surface area contributed by atoms with Crippen molar-refractivity contribution in [1.29, 1.82) is 0 Å². The van der Waals surface area contributed by atoms with Gasteiger partial charge >= 0.3 is 5.97 Å². The van der Waals surface area contributed by atoms with Gasteiger partial charge in [-0.2, -0.15) is 0 Å². The number of carbonyl (C=O) groups is 1. The smallest absolute Gasteiger partial charge is 0.376 e. The number of anilines is 1. The third-order valence-electron chi connectivity index (χ3n) is 2.24. The summed E-state index contributed by atoms with van der Waals surface area (Å²) >= 11 is 0. The standard InChI is InChI=1S/C13H19N3O3/c1-4-5-7-19-8-6-14-11-9-10(2)15-12(16-11)13(17)18-3/h4,9H,1,5-8H2,2-3H3,(H,14,15,16). The molecule has 0 radical (unpaired) electrons. The molecule has 1 heterocycles. The molecule has 0 aliphatic carbocycles. The normalized spacial score (nSPS) is 10.0. The lowest BCUT2D eigenvalue weighted by atomic mass is 10.4. The molecule has 0 unspecified atom stereocenters. The van der Waals surface area contributed by atoms with Gasteiger partial charge in [0.15, 0.2) is 0 Å². The van der Waals surface area contributed by atoms with Crippen LogP contribution in [0, 0.1) is 6.92 Å². The molecular weight excluding hydrogens is 246 g/mol. The monoisotopic (exact) mass is 265 g/mol. The number of aromatic nitrogens is 2. The number of hydrogen-bond acceptors (Lipinski definition) is 6. The Morgan fingerprint density at radius 3 is 2.95 bits per heavy atom. The van der Waals surface area contributed by atoms with Crippen LogP contribution in [0.15, 0.2) is 18.7 Å². The van der Waals surface area contributed by atoms with Gasteiger partial charge in [0.1, 0.15) is 5.82 Å². The van der Waals surface area contributed by atoms with Crippen molar-refractivity contribution in [2.24, 2.45) is 0 Å². The van der Waals surface area contributed by atoms with Crippen molar-refractivity contribution in [2.75, 3.05) is 32.2 Å². The van der Waals surface area contributed by atoms with Crippen molar-refractivity contribution in [3.05, 3.63) is 30.2 Å². The lowest BCUT2D eigenvalue weighted by molar-refractivity contribution is 0.0586. The maximum Gasteiger partial charge on any atom is 0.376 e. The minimum atomic E-state index is -0.547. The number of nitrogens with zero attached hydrogens (tertiary/aromatic N) is 2. The lowest BCUT2D eigenvalue weighted by Gasteiger charge is -2.08. The van der Waals surface area contributed by atoms with E-state index in [4.69, 9.17) is 4.74 Å². The maximum absolute atomic E-state index is 11.4. The van der Waals surface area contributed by atoms with Crippen molar-refractivity contribution in [3.63, 3.8) is 0 Å². The van der Waals surface area contributed by atoms with Crippen LogP contribution in [0.1, 0.15) is 22.7 Å². The van der Waals surface area contributed by atoms with E-state index in [2.05, 4.69) is 26.6 Å². The van der Waals surface area contributed by atoms with Gasteiger partial charge in [0.2, 0.25) is 5.82 Å². The van der Waals surface area contributed by atoms with Gasteiger partial charge < -0.3 is 14.8 Å². The van der Waals surface area contributed by atoms with Gasteiger partial charge in [0.25, 0.3) is 0 Å². The third-order valence-corrected chi connectivity index (χ3v) is 2.24. The van der Waals surface area contributed by atoms with Crippen LogP contribution in [0.5, 0.6) is 0 Å². The van der Waals surface area contributed by atoms with Crippen molar-refractivity contribution < 1.29 is 14.3 Å². The molecule has 1 N–H and O–H groups in total. The minimum Gasteiger partial charge on any atom is -0.463 e. The van der Waals surface area contributed by atoms with E-state index in [9.17, 15) is 4.79 Å². The number of ether oxygens (including phenoxy) is 2. The average Bonchev–Trinajstić information content (AvgIpc) is 2.41. The highest BCUT2D eigenvalue weighted by Gasteiger charge is 2.10. The first-order chi connectivity index (χ1) is 9.17. The highest BCUT2D eigenvalue weighted by Crippen LogP contribution is 2.06. The molecule has 0 atom stereocenters. The zero-order chi connectivity index (χ0) is 14.1. The molecule has 0 amide bonds. The van der Waals surface area contributed by atoms with Crippen molar-refractivity contribution in [3.8, 4) is 0 Å². The second kappa shape index (κ2) is 8.20.